The Morgan fingerprint density at radius 2 is 1.94 bits per heavy atom. The first kappa shape index (κ1) is 13.3. The summed E-state index contributed by atoms with van der Waals surface area (Å²) >= 11 is 0. The van der Waals surface area contributed by atoms with Gasteiger partial charge in [0.1, 0.15) is 5.82 Å². The van der Waals surface area contributed by atoms with Crippen LogP contribution in [0.15, 0.2) is 12.3 Å². The van der Waals surface area contributed by atoms with Crippen LogP contribution in [-0.4, -0.2) is 4.98 Å². The van der Waals surface area contributed by atoms with Crippen LogP contribution in [0.2, 0.25) is 0 Å². The third-order valence-corrected chi connectivity index (χ3v) is 3.43. The van der Waals surface area contributed by atoms with Crippen molar-refractivity contribution in [2.75, 3.05) is 0 Å². The average molecular weight is 225 g/mol. The van der Waals surface area contributed by atoms with Gasteiger partial charge in [-0.15, -0.1) is 0 Å². The van der Waals surface area contributed by atoms with Gasteiger partial charge in [0.05, 0.1) is 5.69 Å². The minimum absolute atomic E-state index is 0.0164. The molecule has 1 aromatic heterocycles. The summed E-state index contributed by atoms with van der Waals surface area (Å²) in [5, 5.41) is 0. The number of hydrogen-bond acceptors (Lipinski definition) is 0. The van der Waals surface area contributed by atoms with Crippen molar-refractivity contribution < 1.29 is 4.39 Å². The van der Waals surface area contributed by atoms with E-state index in [0.29, 0.717) is 0 Å². The highest BCUT2D eigenvalue weighted by Gasteiger charge is 2.29. The minimum atomic E-state index is -0.0764. The van der Waals surface area contributed by atoms with Gasteiger partial charge in [-0.2, -0.15) is 0 Å². The molecule has 2 heteroatoms. The van der Waals surface area contributed by atoms with E-state index < -0.39 is 0 Å². The minimum Gasteiger partial charge on any atom is -0.362 e. The van der Waals surface area contributed by atoms with Gasteiger partial charge < -0.3 is 4.98 Å². The van der Waals surface area contributed by atoms with Gasteiger partial charge in [-0.05, 0) is 18.9 Å². The lowest BCUT2D eigenvalue weighted by Gasteiger charge is -2.28. The van der Waals surface area contributed by atoms with Crippen molar-refractivity contribution in [1.82, 2.24) is 4.98 Å². The zero-order chi connectivity index (χ0) is 12.0. The van der Waals surface area contributed by atoms with E-state index in [0.717, 1.165) is 25.0 Å². The molecular weight excluding hydrogens is 201 g/mol. The summed E-state index contributed by atoms with van der Waals surface area (Å²) in [4.78, 5) is 3.08. The number of aromatic amines is 1. The standard InChI is InChI=1S/C14H24FN/c1-4-6-7-10-14(3,9-5-2)13-12(15)8-11-16-13/h8,11,16H,4-7,9-10H2,1-3H3. The van der Waals surface area contributed by atoms with Gasteiger partial charge in [0.2, 0.25) is 0 Å². The Morgan fingerprint density at radius 3 is 2.44 bits per heavy atom. The van der Waals surface area contributed by atoms with Gasteiger partial charge in [-0.1, -0.05) is 46.5 Å². The lowest BCUT2D eigenvalue weighted by atomic mass is 9.77. The number of halogens is 1. The van der Waals surface area contributed by atoms with Gasteiger partial charge >= 0.3 is 0 Å². The fourth-order valence-corrected chi connectivity index (χ4v) is 2.50. The molecule has 1 unspecified atom stereocenters. The molecule has 0 fully saturated rings. The van der Waals surface area contributed by atoms with Gasteiger partial charge in [-0.25, -0.2) is 4.39 Å². The normalized spacial score (nSPS) is 15.0. The lowest BCUT2D eigenvalue weighted by Crippen LogP contribution is -2.23. The van der Waals surface area contributed by atoms with Crippen LogP contribution >= 0.6 is 0 Å². The summed E-state index contributed by atoms with van der Waals surface area (Å²) in [5.74, 6) is -0.0764. The molecule has 1 rings (SSSR count). The molecule has 0 saturated heterocycles. The predicted molar refractivity (Wildman–Crippen MR) is 67.2 cm³/mol. The molecule has 1 atom stereocenters. The highest BCUT2D eigenvalue weighted by Crippen LogP contribution is 2.34. The Bertz CT molecular complexity index is 305. The maximum Gasteiger partial charge on any atom is 0.144 e. The molecule has 0 aliphatic rings. The largest absolute Gasteiger partial charge is 0.362 e. The van der Waals surface area contributed by atoms with E-state index in [4.69, 9.17) is 0 Å². The number of H-pyrrole nitrogens is 1. The third-order valence-electron chi connectivity index (χ3n) is 3.43. The topological polar surface area (TPSA) is 15.8 Å². The Balaban J connectivity index is 2.75. The second-order valence-corrected chi connectivity index (χ2v) is 4.97. The number of aromatic nitrogens is 1. The quantitative estimate of drug-likeness (QED) is 0.642. The van der Waals surface area contributed by atoms with E-state index >= 15 is 0 Å². The zero-order valence-corrected chi connectivity index (χ0v) is 10.8. The summed E-state index contributed by atoms with van der Waals surface area (Å²) < 4.78 is 13.6. The maximum atomic E-state index is 13.6. The van der Waals surface area contributed by atoms with E-state index in [1.54, 1.807) is 6.20 Å². The van der Waals surface area contributed by atoms with E-state index in [1.807, 2.05) is 0 Å². The Labute approximate surface area is 98.5 Å². The van der Waals surface area contributed by atoms with Crippen molar-refractivity contribution >= 4 is 0 Å². The van der Waals surface area contributed by atoms with Crippen molar-refractivity contribution in [2.45, 2.75) is 64.7 Å². The van der Waals surface area contributed by atoms with Gasteiger partial charge in [0, 0.05) is 11.6 Å². The van der Waals surface area contributed by atoms with Crippen molar-refractivity contribution in [3.63, 3.8) is 0 Å². The molecule has 0 saturated carbocycles. The van der Waals surface area contributed by atoms with Gasteiger partial charge in [0.15, 0.2) is 0 Å². The number of unbranched alkanes of at least 4 members (excludes halogenated alkanes) is 2. The summed E-state index contributed by atoms with van der Waals surface area (Å²) in [5.41, 5.74) is 0.780. The van der Waals surface area contributed by atoms with Crippen LogP contribution in [0.4, 0.5) is 4.39 Å². The second-order valence-electron chi connectivity index (χ2n) is 4.97. The second kappa shape index (κ2) is 6.07. The van der Waals surface area contributed by atoms with Crippen LogP contribution in [0.1, 0.15) is 65.0 Å². The van der Waals surface area contributed by atoms with Crippen LogP contribution in [0.25, 0.3) is 0 Å². The summed E-state index contributed by atoms with van der Waals surface area (Å²) in [6, 6.07) is 1.53. The third kappa shape index (κ3) is 3.10. The molecular formula is C14H24FN. The van der Waals surface area contributed by atoms with Crippen LogP contribution in [0, 0.1) is 5.82 Å². The predicted octanol–water partition coefficient (Wildman–Crippen LogP) is 4.79. The first-order valence-corrected chi connectivity index (χ1v) is 6.47. The molecule has 16 heavy (non-hydrogen) atoms. The van der Waals surface area contributed by atoms with E-state index in [-0.39, 0.29) is 11.2 Å². The molecule has 0 aliphatic heterocycles. The van der Waals surface area contributed by atoms with E-state index in [1.165, 1.54) is 25.3 Å². The van der Waals surface area contributed by atoms with Crippen LogP contribution < -0.4 is 0 Å². The number of hydrogen-bond donors (Lipinski definition) is 1. The first-order valence-electron chi connectivity index (χ1n) is 6.47. The smallest absolute Gasteiger partial charge is 0.144 e. The summed E-state index contributed by atoms with van der Waals surface area (Å²) in [6.45, 7) is 6.55. The molecule has 92 valence electrons. The number of rotatable bonds is 7. The molecule has 0 spiro atoms. The van der Waals surface area contributed by atoms with Crippen LogP contribution in [0.3, 0.4) is 0 Å². The number of nitrogens with one attached hydrogen (secondary N) is 1. The first-order chi connectivity index (χ1) is 7.64. The van der Waals surface area contributed by atoms with E-state index in [2.05, 4.69) is 25.8 Å². The molecule has 0 radical (unpaired) electrons. The molecule has 0 aromatic carbocycles. The van der Waals surface area contributed by atoms with Crippen molar-refractivity contribution in [3.8, 4) is 0 Å². The van der Waals surface area contributed by atoms with Crippen molar-refractivity contribution in [3.05, 3.63) is 23.8 Å². The average Bonchev–Trinajstić information content (AvgIpc) is 2.66. The highest BCUT2D eigenvalue weighted by atomic mass is 19.1. The van der Waals surface area contributed by atoms with Crippen LogP contribution in [-0.2, 0) is 5.41 Å². The fraction of sp³-hybridized carbons (Fsp3) is 0.714. The zero-order valence-electron chi connectivity index (χ0n) is 10.8. The SMILES string of the molecule is CCCCCC(C)(CCC)c1[nH]ccc1F. The monoisotopic (exact) mass is 225 g/mol. The summed E-state index contributed by atoms with van der Waals surface area (Å²) in [6.07, 6.45) is 8.57. The molecule has 0 amide bonds. The molecule has 0 aliphatic carbocycles. The van der Waals surface area contributed by atoms with Crippen LogP contribution in [0.5, 0.6) is 0 Å². The Hall–Kier alpha value is -0.790. The Kier molecular flexibility index (Phi) is 5.04. The molecule has 1 nitrogen and oxygen atoms in total. The molecule has 0 bridgehead atoms. The van der Waals surface area contributed by atoms with Crippen molar-refractivity contribution in [2.24, 2.45) is 0 Å². The van der Waals surface area contributed by atoms with Gasteiger partial charge in [-0.3, -0.25) is 0 Å². The van der Waals surface area contributed by atoms with Crippen molar-refractivity contribution in [1.29, 1.82) is 0 Å². The van der Waals surface area contributed by atoms with Gasteiger partial charge in [0.25, 0.3) is 0 Å². The molecule has 1 aromatic rings. The Morgan fingerprint density at radius 1 is 1.19 bits per heavy atom. The fourth-order valence-electron chi connectivity index (χ4n) is 2.50. The van der Waals surface area contributed by atoms with E-state index in [9.17, 15) is 4.39 Å². The lowest BCUT2D eigenvalue weighted by molar-refractivity contribution is 0.356. The molecule has 1 N–H and O–H groups in total. The molecule has 1 heterocycles. The highest BCUT2D eigenvalue weighted by molar-refractivity contribution is 5.18. The summed E-state index contributed by atoms with van der Waals surface area (Å²) in [7, 11) is 0. The maximum absolute atomic E-state index is 13.6.